The van der Waals surface area contributed by atoms with E-state index in [2.05, 4.69) is 41.8 Å². The monoisotopic (exact) mass is 372 g/mol. The highest BCUT2D eigenvalue weighted by molar-refractivity contribution is 9.10. The van der Waals surface area contributed by atoms with Crippen molar-refractivity contribution in [3.05, 3.63) is 45.0 Å². The van der Waals surface area contributed by atoms with Crippen molar-refractivity contribution < 1.29 is 9.47 Å². The van der Waals surface area contributed by atoms with Crippen LogP contribution in [0, 0.1) is 0 Å². The Kier molecular flexibility index (Phi) is 4.54. The van der Waals surface area contributed by atoms with Crippen LogP contribution in [0.5, 0.6) is 11.9 Å². The number of halogens is 2. The highest BCUT2D eigenvalue weighted by Crippen LogP contribution is 2.23. The number of hydrogen-bond donors (Lipinski definition) is 0. The second kappa shape index (κ2) is 6.15. The van der Waals surface area contributed by atoms with Crippen LogP contribution in [0.15, 0.2) is 39.4 Å². The van der Waals surface area contributed by atoms with Gasteiger partial charge in [-0.15, -0.1) is 0 Å². The van der Waals surface area contributed by atoms with Crippen LogP contribution in [0.2, 0.25) is 0 Å². The second-order valence-corrected chi connectivity index (χ2v) is 5.19. The number of methoxy groups -OCH3 is 1. The van der Waals surface area contributed by atoms with Gasteiger partial charge in [0, 0.05) is 4.47 Å². The van der Waals surface area contributed by atoms with Gasteiger partial charge in [0.15, 0.2) is 0 Å². The zero-order valence-corrected chi connectivity index (χ0v) is 12.7. The molecule has 4 nitrogen and oxygen atoms in total. The zero-order chi connectivity index (χ0) is 13.0. The van der Waals surface area contributed by atoms with Crippen molar-refractivity contribution in [1.82, 2.24) is 9.97 Å². The minimum atomic E-state index is 0.290. The molecule has 18 heavy (non-hydrogen) atoms. The lowest BCUT2D eigenvalue weighted by Crippen LogP contribution is -2.00. The Morgan fingerprint density at radius 3 is 2.56 bits per heavy atom. The molecule has 2 rings (SSSR count). The molecule has 0 amide bonds. The SMILES string of the molecule is COc1nc(OCc2ccc(Br)cc2)ncc1Br. The van der Waals surface area contributed by atoms with Crippen molar-refractivity contribution in [3.63, 3.8) is 0 Å². The molecule has 0 radical (unpaired) electrons. The molecule has 0 aliphatic carbocycles. The highest BCUT2D eigenvalue weighted by atomic mass is 79.9. The molecule has 0 saturated heterocycles. The summed E-state index contributed by atoms with van der Waals surface area (Å²) < 4.78 is 12.3. The van der Waals surface area contributed by atoms with Gasteiger partial charge in [-0.05, 0) is 33.6 Å². The van der Waals surface area contributed by atoms with Gasteiger partial charge in [-0.3, -0.25) is 0 Å². The van der Waals surface area contributed by atoms with E-state index < -0.39 is 0 Å². The summed E-state index contributed by atoms with van der Waals surface area (Å²) in [4.78, 5) is 8.16. The minimum absolute atomic E-state index is 0.290. The van der Waals surface area contributed by atoms with E-state index in [1.165, 1.54) is 0 Å². The predicted octanol–water partition coefficient (Wildman–Crippen LogP) is 3.59. The fourth-order valence-electron chi connectivity index (χ4n) is 1.28. The number of benzene rings is 1. The Hall–Kier alpha value is -1.14. The van der Waals surface area contributed by atoms with Crippen molar-refractivity contribution in [2.24, 2.45) is 0 Å². The molecule has 0 saturated carbocycles. The lowest BCUT2D eigenvalue weighted by Gasteiger charge is -2.06. The average Bonchev–Trinajstić information content (AvgIpc) is 2.39. The van der Waals surface area contributed by atoms with Gasteiger partial charge in [0.05, 0.1) is 17.8 Å². The highest BCUT2D eigenvalue weighted by Gasteiger charge is 2.06. The van der Waals surface area contributed by atoms with E-state index in [0.717, 1.165) is 10.0 Å². The first kappa shape index (κ1) is 13.3. The van der Waals surface area contributed by atoms with E-state index in [0.29, 0.717) is 17.0 Å². The first-order valence-corrected chi connectivity index (χ1v) is 6.71. The van der Waals surface area contributed by atoms with Crippen LogP contribution < -0.4 is 9.47 Å². The fraction of sp³-hybridized carbons (Fsp3) is 0.167. The molecule has 1 aromatic heterocycles. The number of aromatic nitrogens is 2. The van der Waals surface area contributed by atoms with Crippen LogP contribution in [-0.4, -0.2) is 17.1 Å². The van der Waals surface area contributed by atoms with Crippen molar-refractivity contribution in [2.45, 2.75) is 6.61 Å². The van der Waals surface area contributed by atoms with E-state index in [9.17, 15) is 0 Å². The van der Waals surface area contributed by atoms with Gasteiger partial charge in [0.25, 0.3) is 0 Å². The largest absolute Gasteiger partial charge is 0.480 e. The zero-order valence-electron chi connectivity index (χ0n) is 9.56. The summed E-state index contributed by atoms with van der Waals surface area (Å²) in [5.74, 6) is 0.454. The molecule has 6 heteroatoms. The molecular formula is C12H10Br2N2O2. The summed E-state index contributed by atoms with van der Waals surface area (Å²) in [6.07, 6.45) is 1.60. The number of rotatable bonds is 4. The third kappa shape index (κ3) is 3.43. The Morgan fingerprint density at radius 2 is 1.89 bits per heavy atom. The topological polar surface area (TPSA) is 44.2 Å². The van der Waals surface area contributed by atoms with Crippen LogP contribution >= 0.6 is 31.9 Å². The molecule has 0 bridgehead atoms. The normalized spacial score (nSPS) is 10.2. The number of nitrogens with zero attached hydrogens (tertiary/aromatic N) is 2. The van der Waals surface area contributed by atoms with E-state index in [-0.39, 0.29) is 6.01 Å². The van der Waals surface area contributed by atoms with Crippen LogP contribution in [-0.2, 0) is 6.61 Å². The number of ether oxygens (including phenoxy) is 2. The van der Waals surface area contributed by atoms with Gasteiger partial charge < -0.3 is 9.47 Å². The lowest BCUT2D eigenvalue weighted by molar-refractivity contribution is 0.273. The van der Waals surface area contributed by atoms with E-state index in [1.807, 2.05) is 24.3 Å². The molecule has 94 valence electrons. The predicted molar refractivity (Wildman–Crippen MR) is 74.8 cm³/mol. The molecule has 0 spiro atoms. The van der Waals surface area contributed by atoms with Gasteiger partial charge >= 0.3 is 6.01 Å². The summed E-state index contributed by atoms with van der Waals surface area (Å²) >= 11 is 6.66. The third-order valence-corrected chi connectivity index (χ3v) is 3.24. The molecular weight excluding hydrogens is 364 g/mol. The Labute approximate surface area is 122 Å². The molecule has 0 atom stereocenters. The van der Waals surface area contributed by atoms with Gasteiger partial charge in [-0.1, -0.05) is 28.1 Å². The molecule has 2 aromatic rings. The smallest absolute Gasteiger partial charge is 0.320 e. The minimum Gasteiger partial charge on any atom is -0.480 e. The van der Waals surface area contributed by atoms with Crippen molar-refractivity contribution in [3.8, 4) is 11.9 Å². The van der Waals surface area contributed by atoms with Crippen LogP contribution in [0.1, 0.15) is 5.56 Å². The van der Waals surface area contributed by atoms with E-state index in [4.69, 9.17) is 9.47 Å². The molecule has 0 N–H and O–H groups in total. The quantitative estimate of drug-likeness (QED) is 0.821. The molecule has 0 fully saturated rings. The maximum Gasteiger partial charge on any atom is 0.320 e. The third-order valence-electron chi connectivity index (χ3n) is 2.16. The van der Waals surface area contributed by atoms with Gasteiger partial charge in [0.2, 0.25) is 5.88 Å². The first-order valence-electron chi connectivity index (χ1n) is 5.13. The molecule has 0 aliphatic rings. The van der Waals surface area contributed by atoms with Crippen molar-refractivity contribution in [2.75, 3.05) is 7.11 Å². The first-order chi connectivity index (χ1) is 8.69. The van der Waals surface area contributed by atoms with Gasteiger partial charge in [-0.2, -0.15) is 4.98 Å². The second-order valence-electron chi connectivity index (χ2n) is 3.42. The Morgan fingerprint density at radius 1 is 1.17 bits per heavy atom. The van der Waals surface area contributed by atoms with Crippen molar-refractivity contribution in [1.29, 1.82) is 0 Å². The maximum atomic E-state index is 5.49. The summed E-state index contributed by atoms with van der Waals surface area (Å²) in [6.45, 7) is 0.415. The van der Waals surface area contributed by atoms with Gasteiger partial charge in [0.1, 0.15) is 6.61 Å². The summed E-state index contributed by atoms with van der Waals surface area (Å²) in [6, 6.07) is 8.15. The fourth-order valence-corrected chi connectivity index (χ4v) is 1.89. The lowest BCUT2D eigenvalue weighted by atomic mass is 10.2. The van der Waals surface area contributed by atoms with Crippen LogP contribution in [0.4, 0.5) is 0 Å². The standard InChI is InChI=1S/C12H10Br2N2O2/c1-17-11-10(14)6-15-12(16-11)18-7-8-2-4-9(13)5-3-8/h2-6H,7H2,1H3. The molecule has 0 aliphatic heterocycles. The Balaban J connectivity index is 2.04. The van der Waals surface area contributed by atoms with E-state index in [1.54, 1.807) is 13.3 Å². The summed E-state index contributed by atoms with van der Waals surface area (Å²) in [5.41, 5.74) is 1.05. The Bertz CT molecular complexity index is 532. The van der Waals surface area contributed by atoms with E-state index >= 15 is 0 Å². The van der Waals surface area contributed by atoms with Crippen LogP contribution in [0.25, 0.3) is 0 Å². The van der Waals surface area contributed by atoms with Crippen LogP contribution in [0.3, 0.4) is 0 Å². The molecule has 1 heterocycles. The number of hydrogen-bond acceptors (Lipinski definition) is 4. The maximum absolute atomic E-state index is 5.49. The average molecular weight is 374 g/mol. The molecule has 1 aromatic carbocycles. The van der Waals surface area contributed by atoms with Gasteiger partial charge in [-0.25, -0.2) is 4.98 Å². The molecule has 0 unspecified atom stereocenters. The van der Waals surface area contributed by atoms with Crippen molar-refractivity contribution >= 4 is 31.9 Å². The summed E-state index contributed by atoms with van der Waals surface area (Å²) in [5, 5.41) is 0. The summed E-state index contributed by atoms with van der Waals surface area (Å²) in [7, 11) is 1.55.